The first-order chi connectivity index (χ1) is 10.8. The Labute approximate surface area is 133 Å². The Kier molecular flexibility index (Phi) is 2.75. The predicted molar refractivity (Wildman–Crippen MR) is 90.1 cm³/mol. The molecule has 1 heteroatoms. The van der Waals surface area contributed by atoms with E-state index in [1.165, 1.54) is 25.8 Å². The molecule has 2 aliphatic carbocycles. The van der Waals surface area contributed by atoms with Crippen molar-refractivity contribution in [2.45, 2.75) is 44.2 Å². The fraction of sp³-hybridized carbons (Fsp3) is 0.429. The smallest absolute Gasteiger partial charge is 0.0394 e. The summed E-state index contributed by atoms with van der Waals surface area (Å²) < 4.78 is 0. The maximum Gasteiger partial charge on any atom is 0.0394 e. The monoisotopic (exact) mass is 289 g/mol. The van der Waals surface area contributed by atoms with E-state index in [0.29, 0.717) is 18.0 Å². The van der Waals surface area contributed by atoms with Crippen molar-refractivity contribution >= 4 is 0 Å². The van der Waals surface area contributed by atoms with Gasteiger partial charge in [-0.25, -0.2) is 0 Å². The summed E-state index contributed by atoms with van der Waals surface area (Å²) in [7, 11) is 0. The van der Waals surface area contributed by atoms with Crippen molar-refractivity contribution < 1.29 is 0 Å². The minimum Gasteiger partial charge on any atom is -0.292 e. The van der Waals surface area contributed by atoms with Gasteiger partial charge in [0.1, 0.15) is 0 Å². The summed E-state index contributed by atoms with van der Waals surface area (Å²) in [4.78, 5) is 2.82. The largest absolute Gasteiger partial charge is 0.292 e. The predicted octanol–water partition coefficient (Wildman–Crippen LogP) is 4.53. The lowest BCUT2D eigenvalue weighted by molar-refractivity contribution is 0.115. The molecule has 0 unspecified atom stereocenters. The Morgan fingerprint density at radius 1 is 0.909 bits per heavy atom. The molecule has 0 amide bonds. The van der Waals surface area contributed by atoms with Crippen LogP contribution in [0, 0.1) is 5.92 Å². The van der Waals surface area contributed by atoms with Gasteiger partial charge in [-0.1, -0.05) is 48.5 Å². The number of fused-ring (bicyclic) bond motifs is 1. The molecule has 2 aliphatic heterocycles. The number of benzene rings is 2. The third-order valence-electron chi connectivity index (χ3n) is 6.07. The molecule has 0 radical (unpaired) electrons. The molecule has 1 saturated carbocycles. The van der Waals surface area contributed by atoms with Crippen LogP contribution in [-0.2, 0) is 6.42 Å². The lowest BCUT2D eigenvalue weighted by Gasteiger charge is -2.44. The molecule has 2 bridgehead atoms. The van der Waals surface area contributed by atoms with E-state index in [4.69, 9.17) is 0 Å². The fourth-order valence-electron chi connectivity index (χ4n) is 4.79. The van der Waals surface area contributed by atoms with E-state index in [1.807, 2.05) is 0 Å². The van der Waals surface area contributed by atoms with Gasteiger partial charge in [0.2, 0.25) is 0 Å². The Morgan fingerprint density at radius 2 is 1.59 bits per heavy atom. The maximum absolute atomic E-state index is 2.82. The molecule has 2 aromatic rings. The van der Waals surface area contributed by atoms with E-state index in [1.54, 1.807) is 22.3 Å². The van der Waals surface area contributed by atoms with Gasteiger partial charge in [0, 0.05) is 24.5 Å². The van der Waals surface area contributed by atoms with Crippen molar-refractivity contribution in [3.8, 4) is 0 Å². The van der Waals surface area contributed by atoms with Gasteiger partial charge in [-0.3, -0.25) is 4.90 Å². The first kappa shape index (κ1) is 12.9. The van der Waals surface area contributed by atoms with Gasteiger partial charge in [0.05, 0.1) is 0 Å². The average molecular weight is 289 g/mol. The van der Waals surface area contributed by atoms with E-state index < -0.39 is 0 Å². The SMILES string of the molecule is C[C@@H]1[C@H]2c3ccccc3C[C@H](c3ccccc32)N1CC1CC1. The lowest BCUT2D eigenvalue weighted by atomic mass is 9.79. The zero-order valence-electron chi connectivity index (χ0n) is 13.2. The van der Waals surface area contributed by atoms with Crippen LogP contribution < -0.4 is 0 Å². The van der Waals surface area contributed by atoms with Crippen LogP contribution in [0.4, 0.5) is 0 Å². The van der Waals surface area contributed by atoms with Gasteiger partial charge in [0.15, 0.2) is 0 Å². The highest BCUT2D eigenvalue weighted by Crippen LogP contribution is 2.50. The number of hydrogen-bond donors (Lipinski definition) is 0. The second kappa shape index (κ2) is 4.70. The molecule has 6 rings (SSSR count). The standard InChI is InChI=1S/C21H23N/c1-14-21-17-7-3-2-6-16(17)12-20(22(14)13-15-10-11-15)18-8-4-5-9-19(18)21/h2-9,14-15,20-21H,10-13H2,1H3/t14-,20-,21+/m1/s1. The van der Waals surface area contributed by atoms with E-state index in [0.717, 1.165) is 5.92 Å². The number of nitrogens with zero attached hydrogens (tertiary/aromatic N) is 1. The summed E-state index contributed by atoms with van der Waals surface area (Å²) in [5, 5.41) is 0. The topological polar surface area (TPSA) is 3.24 Å². The van der Waals surface area contributed by atoms with Gasteiger partial charge in [-0.05, 0) is 54.4 Å². The zero-order chi connectivity index (χ0) is 14.7. The third-order valence-corrected chi connectivity index (χ3v) is 6.07. The van der Waals surface area contributed by atoms with Gasteiger partial charge in [-0.2, -0.15) is 0 Å². The summed E-state index contributed by atoms with van der Waals surface area (Å²) in [5.74, 6) is 1.50. The van der Waals surface area contributed by atoms with Crippen molar-refractivity contribution in [2.75, 3.05) is 6.54 Å². The van der Waals surface area contributed by atoms with Gasteiger partial charge < -0.3 is 0 Å². The van der Waals surface area contributed by atoms with Gasteiger partial charge in [0.25, 0.3) is 0 Å². The molecule has 4 aliphatic rings. The Hall–Kier alpha value is -1.60. The molecule has 0 N–H and O–H groups in total. The van der Waals surface area contributed by atoms with E-state index in [2.05, 4.69) is 60.4 Å². The summed E-state index contributed by atoms with van der Waals surface area (Å²) >= 11 is 0. The summed E-state index contributed by atoms with van der Waals surface area (Å²) in [6.07, 6.45) is 4.06. The van der Waals surface area contributed by atoms with Gasteiger partial charge in [-0.15, -0.1) is 0 Å². The highest BCUT2D eigenvalue weighted by atomic mass is 15.2. The highest BCUT2D eigenvalue weighted by molar-refractivity contribution is 5.50. The van der Waals surface area contributed by atoms with Crippen molar-refractivity contribution in [3.05, 3.63) is 70.8 Å². The van der Waals surface area contributed by atoms with Crippen molar-refractivity contribution in [2.24, 2.45) is 5.92 Å². The molecule has 1 fully saturated rings. The quantitative estimate of drug-likeness (QED) is 0.785. The molecule has 2 heterocycles. The molecule has 0 aromatic heterocycles. The summed E-state index contributed by atoms with van der Waals surface area (Å²) in [5.41, 5.74) is 6.31. The molecule has 0 spiro atoms. The fourth-order valence-corrected chi connectivity index (χ4v) is 4.79. The lowest BCUT2D eigenvalue weighted by Crippen LogP contribution is -2.44. The summed E-state index contributed by atoms with van der Waals surface area (Å²) in [6.45, 7) is 3.75. The average Bonchev–Trinajstić information content (AvgIpc) is 3.37. The zero-order valence-corrected chi connectivity index (χ0v) is 13.2. The maximum atomic E-state index is 2.82. The normalized spacial score (nSPS) is 29.8. The molecule has 1 nitrogen and oxygen atoms in total. The van der Waals surface area contributed by atoms with E-state index in [9.17, 15) is 0 Å². The van der Waals surface area contributed by atoms with E-state index >= 15 is 0 Å². The third kappa shape index (κ3) is 1.82. The first-order valence-corrected chi connectivity index (χ1v) is 8.75. The highest BCUT2D eigenvalue weighted by Gasteiger charge is 2.44. The van der Waals surface area contributed by atoms with Crippen LogP contribution in [0.2, 0.25) is 0 Å². The van der Waals surface area contributed by atoms with Crippen LogP contribution in [0.25, 0.3) is 0 Å². The molecule has 0 saturated heterocycles. The molecule has 112 valence electrons. The van der Waals surface area contributed by atoms with Crippen molar-refractivity contribution in [1.29, 1.82) is 0 Å². The Bertz CT molecular complexity index is 715. The molecular weight excluding hydrogens is 266 g/mol. The Morgan fingerprint density at radius 3 is 2.36 bits per heavy atom. The van der Waals surface area contributed by atoms with Crippen LogP contribution in [0.1, 0.15) is 54.0 Å². The van der Waals surface area contributed by atoms with Crippen LogP contribution >= 0.6 is 0 Å². The molecular formula is C21H23N. The van der Waals surface area contributed by atoms with Gasteiger partial charge >= 0.3 is 0 Å². The van der Waals surface area contributed by atoms with Crippen LogP contribution in [0.3, 0.4) is 0 Å². The molecule has 2 aromatic carbocycles. The minimum atomic E-state index is 0.546. The number of rotatable bonds is 2. The van der Waals surface area contributed by atoms with E-state index in [-0.39, 0.29) is 0 Å². The molecule has 22 heavy (non-hydrogen) atoms. The second-order valence-electron chi connectivity index (χ2n) is 7.41. The van der Waals surface area contributed by atoms with Crippen LogP contribution in [0.5, 0.6) is 0 Å². The van der Waals surface area contributed by atoms with Crippen LogP contribution in [0.15, 0.2) is 48.5 Å². The second-order valence-corrected chi connectivity index (χ2v) is 7.41. The number of hydrogen-bond acceptors (Lipinski definition) is 1. The van der Waals surface area contributed by atoms with Crippen molar-refractivity contribution in [3.63, 3.8) is 0 Å². The minimum absolute atomic E-state index is 0.546. The summed E-state index contributed by atoms with van der Waals surface area (Å²) in [6, 6.07) is 19.6. The Balaban J connectivity index is 1.71. The first-order valence-electron chi connectivity index (χ1n) is 8.75. The van der Waals surface area contributed by atoms with Crippen molar-refractivity contribution in [1.82, 2.24) is 4.90 Å². The molecule has 3 atom stereocenters. The van der Waals surface area contributed by atoms with Crippen LogP contribution in [-0.4, -0.2) is 17.5 Å².